The van der Waals surface area contributed by atoms with Gasteiger partial charge in [0.15, 0.2) is 0 Å². The molecule has 0 radical (unpaired) electrons. The van der Waals surface area contributed by atoms with E-state index in [-0.39, 0.29) is 0 Å². The zero-order chi connectivity index (χ0) is 13.5. The first-order chi connectivity index (χ1) is 9.84. The zero-order valence-electron chi connectivity index (χ0n) is 12.7. The molecule has 2 aliphatic carbocycles. The lowest BCUT2D eigenvalue weighted by atomic mass is 9.68. The van der Waals surface area contributed by atoms with Crippen molar-refractivity contribution in [3.63, 3.8) is 0 Å². The Balaban J connectivity index is 1.56. The molecule has 2 fully saturated rings. The summed E-state index contributed by atoms with van der Waals surface area (Å²) in [5.41, 5.74) is 3.15. The van der Waals surface area contributed by atoms with E-state index in [1.807, 2.05) is 0 Å². The van der Waals surface area contributed by atoms with Crippen LogP contribution in [0.1, 0.15) is 62.8 Å². The molecule has 4 rings (SSSR count). The van der Waals surface area contributed by atoms with E-state index in [0.29, 0.717) is 0 Å². The molecule has 0 bridgehead atoms. The minimum atomic E-state index is 0.784. The average molecular weight is 269 g/mol. The second-order valence-electron chi connectivity index (χ2n) is 7.31. The SMILES string of the molecule is CN1c2ccccc2[C@H]2C[C@@H](C3CCCCC3)CC[C@@H]21. The van der Waals surface area contributed by atoms with Crippen LogP contribution in [0.3, 0.4) is 0 Å². The summed E-state index contributed by atoms with van der Waals surface area (Å²) in [5, 5.41) is 0. The molecule has 1 heterocycles. The van der Waals surface area contributed by atoms with E-state index < -0.39 is 0 Å². The van der Waals surface area contributed by atoms with Crippen molar-refractivity contribution in [3.8, 4) is 0 Å². The van der Waals surface area contributed by atoms with Crippen LogP contribution in [0.25, 0.3) is 0 Å². The molecule has 0 N–H and O–H groups in total. The molecule has 0 aromatic heterocycles. The van der Waals surface area contributed by atoms with E-state index in [9.17, 15) is 0 Å². The van der Waals surface area contributed by atoms with Gasteiger partial charge in [0.2, 0.25) is 0 Å². The Bertz CT molecular complexity index is 474. The van der Waals surface area contributed by atoms with Gasteiger partial charge in [-0.15, -0.1) is 0 Å². The average Bonchev–Trinajstić information content (AvgIpc) is 2.81. The van der Waals surface area contributed by atoms with E-state index in [1.54, 1.807) is 5.56 Å². The monoisotopic (exact) mass is 269 g/mol. The largest absolute Gasteiger partial charge is 0.371 e. The summed E-state index contributed by atoms with van der Waals surface area (Å²) in [6, 6.07) is 9.93. The van der Waals surface area contributed by atoms with Gasteiger partial charge in [-0.3, -0.25) is 0 Å². The maximum atomic E-state index is 2.57. The Hall–Kier alpha value is -0.980. The predicted octanol–water partition coefficient (Wildman–Crippen LogP) is 4.97. The molecule has 0 spiro atoms. The highest BCUT2D eigenvalue weighted by Gasteiger charge is 2.42. The number of hydrogen-bond acceptors (Lipinski definition) is 1. The number of hydrogen-bond donors (Lipinski definition) is 0. The third-order valence-corrected chi connectivity index (χ3v) is 6.38. The van der Waals surface area contributed by atoms with Crippen LogP contribution in [0, 0.1) is 11.8 Å². The van der Waals surface area contributed by atoms with Crippen LogP contribution in [-0.2, 0) is 0 Å². The Morgan fingerprint density at radius 3 is 2.55 bits per heavy atom. The number of fused-ring (bicyclic) bond motifs is 3. The van der Waals surface area contributed by atoms with Crippen molar-refractivity contribution in [1.82, 2.24) is 0 Å². The Morgan fingerprint density at radius 2 is 1.70 bits per heavy atom. The van der Waals surface area contributed by atoms with Crippen molar-refractivity contribution in [3.05, 3.63) is 29.8 Å². The lowest BCUT2D eigenvalue weighted by Crippen LogP contribution is -2.37. The predicted molar refractivity (Wildman–Crippen MR) is 85.3 cm³/mol. The minimum Gasteiger partial charge on any atom is -0.371 e. The molecule has 0 amide bonds. The van der Waals surface area contributed by atoms with E-state index in [1.165, 1.54) is 57.1 Å². The second-order valence-corrected chi connectivity index (χ2v) is 7.31. The molecule has 1 aromatic carbocycles. The molecule has 20 heavy (non-hydrogen) atoms. The molecule has 1 aromatic rings. The summed E-state index contributed by atoms with van der Waals surface area (Å²) < 4.78 is 0. The quantitative estimate of drug-likeness (QED) is 0.696. The molecule has 1 heteroatoms. The fourth-order valence-electron chi connectivity index (χ4n) is 5.32. The van der Waals surface area contributed by atoms with Gasteiger partial charge in [0, 0.05) is 24.7 Å². The molecular formula is C19H27N. The minimum absolute atomic E-state index is 0.784. The summed E-state index contributed by atoms with van der Waals surface area (Å²) in [5.74, 6) is 2.87. The van der Waals surface area contributed by atoms with Crippen molar-refractivity contribution in [2.75, 3.05) is 11.9 Å². The normalized spacial score (nSPS) is 33.9. The number of likely N-dealkylation sites (N-methyl/N-ethyl adjacent to an activating group) is 1. The molecule has 0 saturated heterocycles. The highest BCUT2D eigenvalue weighted by Crippen LogP contribution is 2.51. The van der Waals surface area contributed by atoms with Crippen LogP contribution >= 0.6 is 0 Å². The first-order valence-electron chi connectivity index (χ1n) is 8.66. The van der Waals surface area contributed by atoms with Crippen LogP contribution < -0.4 is 4.90 Å². The van der Waals surface area contributed by atoms with E-state index in [0.717, 1.165) is 23.8 Å². The van der Waals surface area contributed by atoms with Crippen molar-refractivity contribution in [2.45, 2.75) is 63.3 Å². The van der Waals surface area contributed by atoms with Crippen molar-refractivity contribution >= 4 is 5.69 Å². The molecule has 1 aliphatic heterocycles. The van der Waals surface area contributed by atoms with Crippen LogP contribution in [0.5, 0.6) is 0 Å². The van der Waals surface area contributed by atoms with Crippen LogP contribution in [0.15, 0.2) is 24.3 Å². The van der Waals surface area contributed by atoms with Crippen molar-refractivity contribution in [1.29, 1.82) is 0 Å². The van der Waals surface area contributed by atoms with Gasteiger partial charge in [0.1, 0.15) is 0 Å². The zero-order valence-corrected chi connectivity index (χ0v) is 12.7. The summed E-state index contributed by atoms with van der Waals surface area (Å²) in [6.07, 6.45) is 11.8. The number of nitrogens with zero attached hydrogens (tertiary/aromatic N) is 1. The summed E-state index contributed by atoms with van der Waals surface area (Å²) in [4.78, 5) is 2.57. The van der Waals surface area contributed by atoms with E-state index >= 15 is 0 Å². The Labute approximate surface area is 123 Å². The topological polar surface area (TPSA) is 3.24 Å². The van der Waals surface area contributed by atoms with Gasteiger partial charge in [-0.25, -0.2) is 0 Å². The first kappa shape index (κ1) is 12.7. The van der Waals surface area contributed by atoms with E-state index in [2.05, 4.69) is 36.2 Å². The lowest BCUT2D eigenvalue weighted by Gasteiger charge is -2.40. The number of rotatable bonds is 1. The molecule has 0 unspecified atom stereocenters. The van der Waals surface area contributed by atoms with Crippen molar-refractivity contribution in [2.24, 2.45) is 11.8 Å². The van der Waals surface area contributed by atoms with Gasteiger partial charge in [0.05, 0.1) is 0 Å². The fraction of sp³-hybridized carbons (Fsp3) is 0.684. The number of para-hydroxylation sites is 1. The standard InChI is InChI=1S/C19H27N/c1-20-18-10-6-5-9-16(18)17-13-15(11-12-19(17)20)14-7-3-2-4-8-14/h5-6,9-10,14-15,17,19H,2-4,7-8,11-13H2,1H3/t15-,17+,19-/m0/s1. The number of benzene rings is 1. The van der Waals surface area contributed by atoms with Crippen LogP contribution in [0.4, 0.5) is 5.69 Å². The van der Waals surface area contributed by atoms with Gasteiger partial charge in [-0.1, -0.05) is 50.3 Å². The third kappa shape index (κ3) is 1.98. The van der Waals surface area contributed by atoms with Crippen molar-refractivity contribution < 1.29 is 0 Å². The maximum absolute atomic E-state index is 2.57. The highest BCUT2D eigenvalue weighted by molar-refractivity contribution is 5.61. The molecule has 3 aliphatic rings. The Morgan fingerprint density at radius 1 is 0.900 bits per heavy atom. The highest BCUT2D eigenvalue weighted by atomic mass is 15.2. The van der Waals surface area contributed by atoms with Gasteiger partial charge < -0.3 is 4.90 Å². The fourth-order valence-corrected chi connectivity index (χ4v) is 5.32. The van der Waals surface area contributed by atoms with E-state index in [4.69, 9.17) is 0 Å². The maximum Gasteiger partial charge on any atom is 0.0402 e. The molecule has 2 saturated carbocycles. The molecule has 108 valence electrons. The number of anilines is 1. The second kappa shape index (κ2) is 5.09. The van der Waals surface area contributed by atoms with Gasteiger partial charge in [-0.2, -0.15) is 0 Å². The van der Waals surface area contributed by atoms with Gasteiger partial charge in [0.25, 0.3) is 0 Å². The summed E-state index contributed by atoms with van der Waals surface area (Å²) in [7, 11) is 2.31. The molecule has 1 nitrogen and oxygen atoms in total. The summed E-state index contributed by atoms with van der Waals surface area (Å²) >= 11 is 0. The third-order valence-electron chi connectivity index (χ3n) is 6.38. The van der Waals surface area contributed by atoms with Gasteiger partial charge in [-0.05, 0) is 42.7 Å². The Kier molecular flexibility index (Phi) is 3.24. The molecule has 3 atom stereocenters. The first-order valence-corrected chi connectivity index (χ1v) is 8.66. The van der Waals surface area contributed by atoms with Gasteiger partial charge >= 0.3 is 0 Å². The van der Waals surface area contributed by atoms with Crippen LogP contribution in [-0.4, -0.2) is 13.1 Å². The van der Waals surface area contributed by atoms with Crippen LogP contribution in [0.2, 0.25) is 0 Å². The molecular weight excluding hydrogens is 242 g/mol. The smallest absolute Gasteiger partial charge is 0.0402 e. The lowest BCUT2D eigenvalue weighted by molar-refractivity contribution is 0.174. The summed E-state index contributed by atoms with van der Waals surface area (Å²) in [6.45, 7) is 0.